The van der Waals surface area contributed by atoms with E-state index >= 15 is 0 Å². The van der Waals surface area contributed by atoms with Gasteiger partial charge in [0.15, 0.2) is 6.61 Å². The molecule has 0 aromatic heterocycles. The minimum atomic E-state index is -0.821. The normalized spacial score (nSPS) is 19.2. The Morgan fingerprint density at radius 1 is 1.16 bits per heavy atom. The third kappa shape index (κ3) is 5.94. The molecule has 7 heteroatoms. The van der Waals surface area contributed by atoms with Gasteiger partial charge in [0.05, 0.1) is 13.2 Å². The van der Waals surface area contributed by atoms with Crippen LogP contribution in [0.4, 0.5) is 0 Å². The van der Waals surface area contributed by atoms with Crippen LogP contribution in [0.3, 0.4) is 0 Å². The third-order valence-corrected chi connectivity index (χ3v) is 4.24. The van der Waals surface area contributed by atoms with Crippen molar-refractivity contribution in [2.24, 2.45) is 0 Å². The number of hydrogen-bond donors (Lipinski definition) is 2. The zero-order valence-electron chi connectivity index (χ0n) is 14.7. The second kappa shape index (κ2) is 9.27. The highest BCUT2D eigenvalue weighted by Gasteiger charge is 2.34. The second-order valence-electron chi connectivity index (χ2n) is 6.04. The summed E-state index contributed by atoms with van der Waals surface area (Å²) >= 11 is 0. The maximum Gasteiger partial charge on any atom is 0.317 e. The molecule has 25 heavy (non-hydrogen) atoms. The number of carboxylic acids is 1. The molecular formula is C18H26N2O5. The van der Waals surface area contributed by atoms with Crippen molar-refractivity contribution in [3.8, 4) is 11.5 Å². The molecule has 7 nitrogen and oxygen atoms in total. The minimum absolute atomic E-state index is 0.0399. The average Bonchev–Trinajstić information content (AvgIpc) is 2.55. The van der Waals surface area contributed by atoms with Crippen LogP contribution >= 0.6 is 0 Å². The first-order valence-corrected chi connectivity index (χ1v) is 8.62. The number of amides is 1. The number of nitrogens with zero attached hydrogens (tertiary/aromatic N) is 1. The molecule has 1 aliphatic rings. The number of likely N-dealkylation sites (N-methyl/N-ethyl adjacent to an activating group) is 1. The summed E-state index contributed by atoms with van der Waals surface area (Å²) in [5, 5.41) is 11.8. The number of aliphatic carboxylic acids is 1. The van der Waals surface area contributed by atoms with Gasteiger partial charge in [-0.2, -0.15) is 0 Å². The molecule has 0 heterocycles. The number of benzene rings is 1. The van der Waals surface area contributed by atoms with Gasteiger partial charge in [0.2, 0.25) is 0 Å². The van der Waals surface area contributed by atoms with E-state index in [2.05, 4.69) is 5.32 Å². The van der Waals surface area contributed by atoms with Crippen LogP contribution in [0.15, 0.2) is 24.3 Å². The molecule has 2 rings (SSSR count). The second-order valence-corrected chi connectivity index (χ2v) is 6.04. The van der Waals surface area contributed by atoms with Gasteiger partial charge in [-0.3, -0.25) is 14.5 Å². The molecule has 0 unspecified atom stereocenters. The average molecular weight is 350 g/mol. The van der Waals surface area contributed by atoms with E-state index < -0.39 is 5.97 Å². The van der Waals surface area contributed by atoms with E-state index in [9.17, 15) is 9.59 Å². The van der Waals surface area contributed by atoms with E-state index in [1.807, 2.05) is 18.7 Å². The van der Waals surface area contributed by atoms with E-state index in [1.165, 1.54) is 0 Å². The zero-order valence-corrected chi connectivity index (χ0v) is 14.7. The predicted molar refractivity (Wildman–Crippen MR) is 92.9 cm³/mol. The van der Waals surface area contributed by atoms with Crippen LogP contribution in [-0.4, -0.2) is 60.3 Å². The van der Waals surface area contributed by atoms with Crippen LogP contribution in [0, 0.1) is 0 Å². The van der Waals surface area contributed by atoms with Crippen LogP contribution in [0.2, 0.25) is 0 Å². The van der Waals surface area contributed by atoms with E-state index in [0.717, 1.165) is 18.6 Å². The highest BCUT2D eigenvalue weighted by Crippen LogP contribution is 2.25. The number of ether oxygens (including phenoxy) is 2. The summed E-state index contributed by atoms with van der Waals surface area (Å²) < 4.78 is 10.8. The molecule has 0 spiro atoms. The Balaban J connectivity index is 1.67. The number of nitrogens with one attached hydrogen (secondary N) is 1. The summed E-state index contributed by atoms with van der Waals surface area (Å²) in [5.74, 6) is 0.391. The standard InChI is InChI=1S/C18H26N2O5/c1-3-20(11-18(22)23)14-9-13(10-14)19-17(21)12-25-16-7-5-15(6-8-16)24-4-2/h5-8,13-14H,3-4,9-12H2,1-2H3,(H,19,21)(H,22,23). The first-order chi connectivity index (χ1) is 12.0. The molecule has 1 aromatic rings. The lowest BCUT2D eigenvalue weighted by Gasteiger charge is -2.42. The Hall–Kier alpha value is -2.28. The van der Waals surface area contributed by atoms with Gasteiger partial charge in [-0.15, -0.1) is 0 Å². The van der Waals surface area contributed by atoms with Crippen molar-refractivity contribution in [1.82, 2.24) is 10.2 Å². The quantitative estimate of drug-likeness (QED) is 0.665. The molecule has 0 saturated heterocycles. The monoisotopic (exact) mass is 350 g/mol. The lowest BCUT2D eigenvalue weighted by atomic mass is 9.85. The maximum absolute atomic E-state index is 11.9. The van der Waals surface area contributed by atoms with Gasteiger partial charge in [-0.25, -0.2) is 0 Å². The van der Waals surface area contributed by atoms with Crippen molar-refractivity contribution in [2.45, 2.75) is 38.8 Å². The fourth-order valence-corrected chi connectivity index (χ4v) is 2.89. The minimum Gasteiger partial charge on any atom is -0.494 e. The van der Waals surface area contributed by atoms with Crippen molar-refractivity contribution < 1.29 is 24.2 Å². The Morgan fingerprint density at radius 2 is 1.76 bits per heavy atom. The molecule has 1 saturated carbocycles. The maximum atomic E-state index is 11.9. The highest BCUT2D eigenvalue weighted by molar-refractivity contribution is 5.78. The van der Waals surface area contributed by atoms with Crippen molar-refractivity contribution >= 4 is 11.9 Å². The van der Waals surface area contributed by atoms with Crippen LogP contribution in [0.1, 0.15) is 26.7 Å². The topological polar surface area (TPSA) is 88.1 Å². The zero-order chi connectivity index (χ0) is 18.2. The molecule has 1 aliphatic carbocycles. The van der Waals surface area contributed by atoms with Crippen molar-refractivity contribution in [3.63, 3.8) is 0 Å². The fourth-order valence-electron chi connectivity index (χ4n) is 2.89. The van der Waals surface area contributed by atoms with E-state index in [0.29, 0.717) is 18.9 Å². The Bertz CT molecular complexity index is 569. The Labute approximate surface area is 147 Å². The molecule has 0 aliphatic heterocycles. The van der Waals surface area contributed by atoms with Crippen molar-refractivity contribution in [1.29, 1.82) is 0 Å². The number of carbonyl (C=O) groups is 2. The third-order valence-electron chi connectivity index (χ3n) is 4.24. The van der Waals surface area contributed by atoms with Crippen LogP contribution in [0.5, 0.6) is 11.5 Å². The molecule has 138 valence electrons. The Morgan fingerprint density at radius 3 is 2.28 bits per heavy atom. The number of rotatable bonds is 10. The first-order valence-electron chi connectivity index (χ1n) is 8.62. The summed E-state index contributed by atoms with van der Waals surface area (Å²) in [7, 11) is 0. The fraction of sp³-hybridized carbons (Fsp3) is 0.556. The van der Waals surface area contributed by atoms with E-state index in [-0.39, 0.29) is 31.1 Å². The summed E-state index contributed by atoms with van der Waals surface area (Å²) in [4.78, 5) is 24.7. The number of hydrogen-bond acceptors (Lipinski definition) is 5. The predicted octanol–water partition coefficient (Wildman–Crippen LogP) is 1.52. The smallest absolute Gasteiger partial charge is 0.317 e. The van der Waals surface area contributed by atoms with E-state index in [1.54, 1.807) is 24.3 Å². The summed E-state index contributed by atoms with van der Waals surface area (Å²) in [6, 6.07) is 7.44. The first kappa shape index (κ1) is 19.1. The van der Waals surface area contributed by atoms with Gasteiger partial charge in [-0.1, -0.05) is 6.92 Å². The lowest BCUT2D eigenvalue weighted by Crippen LogP contribution is -2.55. The number of carbonyl (C=O) groups excluding carboxylic acids is 1. The molecule has 0 bridgehead atoms. The molecule has 1 aromatic carbocycles. The van der Waals surface area contributed by atoms with Crippen LogP contribution < -0.4 is 14.8 Å². The van der Waals surface area contributed by atoms with Gasteiger partial charge in [0.1, 0.15) is 11.5 Å². The van der Waals surface area contributed by atoms with Gasteiger partial charge in [-0.05, 0) is 50.6 Å². The molecule has 0 radical (unpaired) electrons. The van der Waals surface area contributed by atoms with Crippen molar-refractivity contribution in [2.75, 3.05) is 26.3 Å². The van der Waals surface area contributed by atoms with Crippen LogP contribution in [-0.2, 0) is 9.59 Å². The van der Waals surface area contributed by atoms with Crippen molar-refractivity contribution in [3.05, 3.63) is 24.3 Å². The van der Waals surface area contributed by atoms with Gasteiger partial charge < -0.3 is 19.9 Å². The summed E-state index contributed by atoms with van der Waals surface area (Å²) in [6.07, 6.45) is 1.55. The molecule has 1 fully saturated rings. The summed E-state index contributed by atoms with van der Waals surface area (Å²) in [5.41, 5.74) is 0. The van der Waals surface area contributed by atoms with Crippen LogP contribution in [0.25, 0.3) is 0 Å². The number of carboxylic acid groups (broad SMARTS) is 1. The van der Waals surface area contributed by atoms with E-state index in [4.69, 9.17) is 14.6 Å². The largest absolute Gasteiger partial charge is 0.494 e. The lowest BCUT2D eigenvalue weighted by molar-refractivity contribution is -0.139. The Kier molecular flexibility index (Phi) is 7.06. The molecule has 1 amide bonds. The SMILES string of the molecule is CCOc1ccc(OCC(=O)NC2CC(N(CC)CC(=O)O)C2)cc1. The highest BCUT2D eigenvalue weighted by atomic mass is 16.5. The molecule has 0 atom stereocenters. The molecule has 2 N–H and O–H groups in total. The summed E-state index contributed by atoms with van der Waals surface area (Å²) in [6.45, 7) is 5.16. The van der Waals surface area contributed by atoms with Gasteiger partial charge in [0.25, 0.3) is 5.91 Å². The van der Waals surface area contributed by atoms with Gasteiger partial charge >= 0.3 is 5.97 Å². The molecular weight excluding hydrogens is 324 g/mol. The van der Waals surface area contributed by atoms with Gasteiger partial charge in [0, 0.05) is 12.1 Å².